The van der Waals surface area contributed by atoms with E-state index in [4.69, 9.17) is 9.47 Å². The first kappa shape index (κ1) is 21.7. The third-order valence-corrected chi connectivity index (χ3v) is 4.85. The number of alkyl halides is 3. The zero-order chi connectivity index (χ0) is 22.1. The molecule has 10 heteroatoms. The second-order valence-electron chi connectivity index (χ2n) is 6.22. The SMILES string of the molecule is COc1ccc(C(=O)Nc2c(-c3ccc(Br)cc3)c(C(F)(F)F)nn2C)cc1OC. The number of carbonyl (C=O) groups is 1. The van der Waals surface area contributed by atoms with Crippen molar-refractivity contribution in [2.24, 2.45) is 7.05 Å². The van der Waals surface area contributed by atoms with Gasteiger partial charge in [-0.1, -0.05) is 28.1 Å². The molecule has 0 spiro atoms. The van der Waals surface area contributed by atoms with Crippen LogP contribution in [-0.2, 0) is 13.2 Å². The lowest BCUT2D eigenvalue weighted by Crippen LogP contribution is -2.15. The number of aromatic nitrogens is 2. The first-order valence-corrected chi connectivity index (χ1v) is 9.38. The van der Waals surface area contributed by atoms with Crippen LogP contribution < -0.4 is 14.8 Å². The van der Waals surface area contributed by atoms with Gasteiger partial charge in [-0.2, -0.15) is 18.3 Å². The Morgan fingerprint density at radius 1 is 1.07 bits per heavy atom. The van der Waals surface area contributed by atoms with Crippen LogP contribution in [0.5, 0.6) is 11.5 Å². The largest absolute Gasteiger partial charge is 0.493 e. The molecule has 0 fully saturated rings. The number of halogens is 4. The van der Waals surface area contributed by atoms with Crippen LogP contribution in [0.3, 0.4) is 0 Å². The number of rotatable bonds is 5. The van der Waals surface area contributed by atoms with Crippen LogP contribution in [0.15, 0.2) is 46.9 Å². The standard InChI is InChI=1S/C20H17BrF3N3O3/c1-27-18(25-19(28)12-6-9-14(29-2)15(10-12)30-3)16(17(26-27)20(22,23)24)11-4-7-13(21)8-5-11/h4-10H,1-3H3,(H,25,28). The number of methoxy groups -OCH3 is 2. The number of nitrogens with one attached hydrogen (secondary N) is 1. The molecule has 0 unspecified atom stereocenters. The van der Waals surface area contributed by atoms with E-state index in [0.717, 1.165) is 4.68 Å². The number of hydrogen-bond donors (Lipinski definition) is 1. The third kappa shape index (κ3) is 4.28. The molecule has 30 heavy (non-hydrogen) atoms. The normalized spacial score (nSPS) is 11.3. The second-order valence-corrected chi connectivity index (χ2v) is 7.14. The molecule has 0 saturated carbocycles. The molecule has 1 aromatic heterocycles. The van der Waals surface area contributed by atoms with E-state index in [1.807, 2.05) is 0 Å². The maximum absolute atomic E-state index is 13.6. The number of aryl methyl sites for hydroxylation is 1. The van der Waals surface area contributed by atoms with Gasteiger partial charge in [-0.3, -0.25) is 9.48 Å². The summed E-state index contributed by atoms with van der Waals surface area (Å²) in [5, 5.41) is 6.15. The molecule has 0 atom stereocenters. The Bertz CT molecular complexity index is 1080. The van der Waals surface area contributed by atoms with Crippen LogP contribution in [0.25, 0.3) is 11.1 Å². The van der Waals surface area contributed by atoms with Gasteiger partial charge in [-0.25, -0.2) is 0 Å². The van der Waals surface area contributed by atoms with Gasteiger partial charge in [0, 0.05) is 17.1 Å². The first-order chi connectivity index (χ1) is 14.2. The fourth-order valence-corrected chi connectivity index (χ4v) is 3.18. The van der Waals surface area contributed by atoms with Crippen LogP contribution in [0, 0.1) is 0 Å². The molecule has 158 valence electrons. The van der Waals surface area contributed by atoms with Crippen molar-refractivity contribution in [2.75, 3.05) is 19.5 Å². The Morgan fingerprint density at radius 2 is 1.70 bits per heavy atom. The quantitative estimate of drug-likeness (QED) is 0.545. The minimum Gasteiger partial charge on any atom is -0.493 e. The Kier molecular flexibility index (Phi) is 6.06. The summed E-state index contributed by atoms with van der Waals surface area (Å²) in [6.07, 6.45) is -4.70. The zero-order valence-corrected chi connectivity index (χ0v) is 17.8. The van der Waals surface area contributed by atoms with Gasteiger partial charge in [-0.05, 0) is 35.9 Å². The van der Waals surface area contributed by atoms with Crippen molar-refractivity contribution in [2.45, 2.75) is 6.18 Å². The summed E-state index contributed by atoms with van der Waals surface area (Å²) >= 11 is 3.26. The fraction of sp³-hybridized carbons (Fsp3) is 0.200. The minimum absolute atomic E-state index is 0.0792. The van der Waals surface area contributed by atoms with E-state index in [1.54, 1.807) is 12.1 Å². The van der Waals surface area contributed by atoms with Crippen molar-refractivity contribution in [1.82, 2.24) is 9.78 Å². The van der Waals surface area contributed by atoms with E-state index in [2.05, 4.69) is 26.3 Å². The van der Waals surface area contributed by atoms with Gasteiger partial charge in [0.1, 0.15) is 5.82 Å². The summed E-state index contributed by atoms with van der Waals surface area (Å²) in [6.45, 7) is 0. The highest BCUT2D eigenvalue weighted by molar-refractivity contribution is 9.10. The molecule has 1 amide bonds. The molecular weight excluding hydrogens is 467 g/mol. The summed E-state index contributed by atoms with van der Waals surface area (Å²) in [5.74, 6) is 0.0410. The highest BCUT2D eigenvalue weighted by atomic mass is 79.9. The van der Waals surface area contributed by atoms with E-state index < -0.39 is 17.8 Å². The van der Waals surface area contributed by atoms with E-state index in [-0.39, 0.29) is 22.5 Å². The second kappa shape index (κ2) is 8.39. The van der Waals surface area contributed by atoms with Crippen LogP contribution in [0.2, 0.25) is 0 Å². The third-order valence-electron chi connectivity index (χ3n) is 4.33. The van der Waals surface area contributed by atoms with Gasteiger partial charge < -0.3 is 14.8 Å². The maximum Gasteiger partial charge on any atom is 0.435 e. The molecule has 1 N–H and O–H groups in total. The number of benzene rings is 2. The Labute approximate surface area is 178 Å². The average molecular weight is 484 g/mol. The van der Waals surface area contributed by atoms with Gasteiger partial charge in [0.15, 0.2) is 17.2 Å². The number of nitrogens with zero attached hydrogens (tertiary/aromatic N) is 2. The van der Waals surface area contributed by atoms with Gasteiger partial charge >= 0.3 is 6.18 Å². The average Bonchev–Trinajstić information content (AvgIpc) is 3.04. The van der Waals surface area contributed by atoms with Gasteiger partial charge in [-0.15, -0.1) is 0 Å². The predicted octanol–water partition coefficient (Wildman–Crippen LogP) is 5.14. The molecule has 0 radical (unpaired) electrons. The molecule has 3 aromatic rings. The molecule has 0 aliphatic carbocycles. The summed E-state index contributed by atoms with van der Waals surface area (Å²) in [6, 6.07) is 10.7. The van der Waals surface area contributed by atoms with Crippen LogP contribution in [0.1, 0.15) is 16.1 Å². The van der Waals surface area contributed by atoms with Crippen LogP contribution in [0.4, 0.5) is 19.0 Å². The molecule has 0 aliphatic heterocycles. The smallest absolute Gasteiger partial charge is 0.435 e. The molecule has 0 saturated heterocycles. The van der Waals surface area contributed by atoms with Gasteiger partial charge in [0.05, 0.1) is 19.8 Å². The van der Waals surface area contributed by atoms with Crippen molar-refractivity contribution < 1.29 is 27.4 Å². The van der Waals surface area contributed by atoms with Crippen molar-refractivity contribution in [1.29, 1.82) is 0 Å². The lowest BCUT2D eigenvalue weighted by Gasteiger charge is -2.12. The Balaban J connectivity index is 2.07. The summed E-state index contributed by atoms with van der Waals surface area (Å²) < 4.78 is 52.9. The topological polar surface area (TPSA) is 65.4 Å². The van der Waals surface area contributed by atoms with Crippen molar-refractivity contribution in [3.63, 3.8) is 0 Å². The van der Waals surface area contributed by atoms with Crippen LogP contribution >= 0.6 is 15.9 Å². The molecular formula is C20H17BrF3N3O3. The highest BCUT2D eigenvalue weighted by Gasteiger charge is 2.39. The number of hydrogen-bond acceptors (Lipinski definition) is 4. The van der Waals surface area contributed by atoms with E-state index in [9.17, 15) is 18.0 Å². The predicted molar refractivity (Wildman–Crippen MR) is 109 cm³/mol. The lowest BCUT2D eigenvalue weighted by molar-refractivity contribution is -0.140. The Morgan fingerprint density at radius 3 is 2.27 bits per heavy atom. The van der Waals surface area contributed by atoms with Crippen LogP contribution in [-0.4, -0.2) is 29.9 Å². The molecule has 3 rings (SSSR count). The lowest BCUT2D eigenvalue weighted by atomic mass is 10.0. The number of anilines is 1. The van der Waals surface area contributed by atoms with Crippen molar-refractivity contribution in [3.05, 3.63) is 58.2 Å². The molecule has 6 nitrogen and oxygen atoms in total. The Hall–Kier alpha value is -3.01. The number of amides is 1. The monoisotopic (exact) mass is 483 g/mol. The molecule has 1 heterocycles. The van der Waals surface area contributed by atoms with E-state index >= 15 is 0 Å². The van der Waals surface area contributed by atoms with Crippen molar-refractivity contribution >= 4 is 27.7 Å². The van der Waals surface area contributed by atoms with Crippen molar-refractivity contribution in [3.8, 4) is 22.6 Å². The fourth-order valence-electron chi connectivity index (χ4n) is 2.91. The summed E-state index contributed by atoms with van der Waals surface area (Å²) in [4.78, 5) is 12.8. The zero-order valence-electron chi connectivity index (χ0n) is 16.2. The molecule has 0 bridgehead atoms. The molecule has 2 aromatic carbocycles. The van der Waals surface area contributed by atoms with E-state index in [1.165, 1.54) is 51.6 Å². The number of ether oxygens (including phenoxy) is 2. The van der Waals surface area contributed by atoms with Gasteiger partial charge in [0.25, 0.3) is 5.91 Å². The first-order valence-electron chi connectivity index (χ1n) is 8.59. The van der Waals surface area contributed by atoms with E-state index in [0.29, 0.717) is 16.0 Å². The minimum atomic E-state index is -4.70. The van der Waals surface area contributed by atoms with Gasteiger partial charge in [0.2, 0.25) is 0 Å². The molecule has 0 aliphatic rings. The summed E-state index contributed by atoms with van der Waals surface area (Å²) in [5.41, 5.74) is -0.855. The maximum atomic E-state index is 13.6. The highest BCUT2D eigenvalue weighted by Crippen LogP contribution is 2.41. The summed E-state index contributed by atoms with van der Waals surface area (Å²) in [7, 11) is 4.21. The number of carbonyl (C=O) groups excluding carboxylic acids is 1.